The van der Waals surface area contributed by atoms with Gasteiger partial charge in [-0.25, -0.2) is 0 Å². The molecule has 2 saturated carbocycles. The lowest BCUT2D eigenvalue weighted by Crippen LogP contribution is -2.52. The molecule has 0 radical (unpaired) electrons. The molecule has 6 rings (SSSR count). The molecule has 0 bridgehead atoms. The Hall–Kier alpha value is -0.940. The van der Waals surface area contributed by atoms with Crippen LogP contribution in [0, 0.1) is 35.0 Å². The second-order valence-corrected chi connectivity index (χ2v) is 13.3. The Labute approximate surface area is 212 Å². The average Bonchev–Trinajstić information content (AvgIpc) is 3.30. The van der Waals surface area contributed by atoms with Crippen molar-refractivity contribution in [3.05, 3.63) is 35.5 Å². The first-order chi connectivity index (χ1) is 16.8. The molecule has 0 aromatic rings. The lowest BCUT2D eigenvalue weighted by Gasteiger charge is -2.49. The fourth-order valence-corrected chi connectivity index (χ4v) is 10.0. The summed E-state index contributed by atoms with van der Waals surface area (Å²) in [5, 5.41) is 20.1. The van der Waals surface area contributed by atoms with Gasteiger partial charge in [0.15, 0.2) is 0 Å². The minimum absolute atomic E-state index is 0.0609. The quantitative estimate of drug-likeness (QED) is 0.540. The number of nitrogens with zero attached hydrogens (tertiary/aromatic N) is 1. The molecule has 194 valence electrons. The number of likely N-dealkylation sites (tertiary alicyclic amines) is 1. The third-order valence-electron chi connectivity index (χ3n) is 11.8. The summed E-state index contributed by atoms with van der Waals surface area (Å²) in [5.41, 5.74) is 5.17. The molecule has 6 aliphatic rings. The Balaban J connectivity index is 1.28. The summed E-state index contributed by atoms with van der Waals surface area (Å²) in [6, 6.07) is 0.414. The zero-order valence-electron chi connectivity index (χ0n) is 22.2. The number of hydrogen-bond donors (Lipinski definition) is 2. The van der Waals surface area contributed by atoms with Gasteiger partial charge in [-0.3, -0.25) is 4.90 Å². The summed E-state index contributed by atoms with van der Waals surface area (Å²) in [5.74, 6) is 3.19. The average molecular weight is 482 g/mol. The van der Waals surface area contributed by atoms with E-state index in [2.05, 4.69) is 44.4 Å². The Morgan fingerprint density at radius 3 is 2.86 bits per heavy atom. The molecule has 2 heterocycles. The van der Waals surface area contributed by atoms with Crippen molar-refractivity contribution in [3.8, 4) is 0 Å². The van der Waals surface area contributed by atoms with E-state index in [1.54, 1.807) is 16.7 Å². The van der Waals surface area contributed by atoms with Crippen LogP contribution in [0.15, 0.2) is 35.5 Å². The fourth-order valence-electron chi connectivity index (χ4n) is 10.0. The van der Waals surface area contributed by atoms with Crippen molar-refractivity contribution in [3.63, 3.8) is 0 Å². The summed E-state index contributed by atoms with van der Waals surface area (Å²) in [6.45, 7) is 13.4. The molecule has 2 aliphatic heterocycles. The van der Waals surface area contributed by atoms with E-state index >= 15 is 0 Å². The standard InChI is InChI=1S/C31H47NO3/c1-5-21-14-28-29(32(18-21)12-13-33)20(3)31(35-28)11-9-24-25-7-6-22-15-23(34)8-10-30(22,4)27(25)16-26(24)19(2)17-31/h5,15,20-21,23-25,27-29,33-34H,1,6-14,16-18H2,2-4H3/t20-,21+,23+,24+,25+,27+,28?,29+,30+,31+/m1/s1. The van der Waals surface area contributed by atoms with Crippen molar-refractivity contribution < 1.29 is 14.9 Å². The Bertz CT molecular complexity index is 924. The first-order valence-electron chi connectivity index (χ1n) is 14.5. The van der Waals surface area contributed by atoms with Crippen LogP contribution in [-0.4, -0.2) is 58.7 Å². The highest BCUT2D eigenvalue weighted by atomic mass is 16.5. The third kappa shape index (κ3) is 3.68. The molecule has 0 aromatic heterocycles. The van der Waals surface area contributed by atoms with E-state index in [0.717, 1.165) is 56.5 Å². The van der Waals surface area contributed by atoms with Gasteiger partial charge in [-0.15, -0.1) is 6.58 Å². The van der Waals surface area contributed by atoms with Crippen molar-refractivity contribution >= 4 is 0 Å². The molecule has 4 heteroatoms. The molecule has 10 atom stereocenters. The molecule has 4 nitrogen and oxygen atoms in total. The van der Waals surface area contributed by atoms with Crippen molar-refractivity contribution in [2.24, 2.45) is 35.0 Å². The van der Waals surface area contributed by atoms with Crippen LogP contribution in [0.25, 0.3) is 0 Å². The van der Waals surface area contributed by atoms with Crippen LogP contribution in [0.4, 0.5) is 0 Å². The normalized spacial score (nSPS) is 49.7. The first kappa shape index (κ1) is 24.4. The number of rotatable bonds is 3. The maximum Gasteiger partial charge on any atom is 0.0765 e. The number of hydrogen-bond acceptors (Lipinski definition) is 4. The van der Waals surface area contributed by atoms with E-state index in [9.17, 15) is 10.2 Å². The van der Waals surface area contributed by atoms with Crippen molar-refractivity contribution in [2.75, 3.05) is 19.7 Å². The van der Waals surface area contributed by atoms with E-state index in [1.807, 2.05) is 0 Å². The number of aliphatic hydroxyl groups excluding tert-OH is 2. The van der Waals surface area contributed by atoms with Gasteiger partial charge in [0.2, 0.25) is 0 Å². The van der Waals surface area contributed by atoms with E-state index < -0.39 is 0 Å². The zero-order chi connectivity index (χ0) is 24.5. The molecular weight excluding hydrogens is 434 g/mol. The molecule has 35 heavy (non-hydrogen) atoms. The summed E-state index contributed by atoms with van der Waals surface area (Å²) in [6.07, 6.45) is 14.7. The van der Waals surface area contributed by atoms with Gasteiger partial charge in [-0.2, -0.15) is 0 Å². The predicted octanol–water partition coefficient (Wildman–Crippen LogP) is 5.26. The van der Waals surface area contributed by atoms with E-state index in [-0.39, 0.29) is 29.8 Å². The number of piperidine rings is 1. The van der Waals surface area contributed by atoms with Gasteiger partial charge < -0.3 is 14.9 Å². The summed E-state index contributed by atoms with van der Waals surface area (Å²) < 4.78 is 7.14. The topological polar surface area (TPSA) is 52.9 Å². The lowest BCUT2D eigenvalue weighted by molar-refractivity contribution is -0.0781. The molecule has 0 aromatic carbocycles. The number of aliphatic hydroxyl groups is 2. The van der Waals surface area contributed by atoms with Crippen molar-refractivity contribution in [1.29, 1.82) is 0 Å². The van der Waals surface area contributed by atoms with Gasteiger partial charge in [0.1, 0.15) is 0 Å². The van der Waals surface area contributed by atoms with Crippen LogP contribution < -0.4 is 0 Å². The Morgan fingerprint density at radius 2 is 2.09 bits per heavy atom. The highest BCUT2D eigenvalue weighted by Gasteiger charge is 2.59. The summed E-state index contributed by atoms with van der Waals surface area (Å²) >= 11 is 0. The minimum atomic E-state index is -0.224. The fraction of sp³-hybridized carbons (Fsp3) is 0.806. The van der Waals surface area contributed by atoms with Crippen LogP contribution in [0.2, 0.25) is 0 Å². The zero-order valence-corrected chi connectivity index (χ0v) is 22.2. The van der Waals surface area contributed by atoms with Gasteiger partial charge in [0.05, 0.1) is 24.4 Å². The summed E-state index contributed by atoms with van der Waals surface area (Å²) in [7, 11) is 0. The molecule has 1 unspecified atom stereocenters. The highest BCUT2D eigenvalue weighted by Crippen LogP contribution is 2.64. The van der Waals surface area contributed by atoms with Crippen LogP contribution in [0.5, 0.6) is 0 Å². The first-order valence-corrected chi connectivity index (χ1v) is 14.5. The molecule has 4 fully saturated rings. The van der Waals surface area contributed by atoms with Crippen molar-refractivity contribution in [2.45, 2.75) is 102 Å². The Kier molecular flexibility index (Phi) is 6.15. The van der Waals surface area contributed by atoms with E-state index in [1.165, 1.54) is 32.1 Å². The molecule has 2 N–H and O–H groups in total. The van der Waals surface area contributed by atoms with Gasteiger partial charge in [-0.05, 0) is 93.8 Å². The minimum Gasteiger partial charge on any atom is -0.395 e. The van der Waals surface area contributed by atoms with E-state index in [0.29, 0.717) is 17.9 Å². The molecular formula is C31H47NO3. The van der Waals surface area contributed by atoms with Crippen LogP contribution in [0.1, 0.15) is 78.6 Å². The Morgan fingerprint density at radius 1 is 1.26 bits per heavy atom. The van der Waals surface area contributed by atoms with Crippen LogP contribution in [-0.2, 0) is 4.74 Å². The van der Waals surface area contributed by atoms with Crippen molar-refractivity contribution in [1.82, 2.24) is 4.90 Å². The molecule has 0 amide bonds. The SMILES string of the molecule is C=C[C@H]1CC2O[C@]3(CC[C@@H]4C(=C(C)C3)C[C@H]3[C@H]4CCC4=C[C@@H](O)CC[C@@]43C)[C@H](C)[C@@H]2N(CCO)C1. The molecule has 2 saturated heterocycles. The number of β-amino-alcohol motifs (C(OH)–C–C–N with tert-alkyl or cyclic N) is 1. The predicted molar refractivity (Wildman–Crippen MR) is 140 cm³/mol. The molecule has 4 aliphatic carbocycles. The van der Waals surface area contributed by atoms with E-state index in [4.69, 9.17) is 4.74 Å². The smallest absolute Gasteiger partial charge is 0.0765 e. The second-order valence-electron chi connectivity index (χ2n) is 13.3. The van der Waals surface area contributed by atoms with Gasteiger partial charge in [0.25, 0.3) is 0 Å². The number of fused-ring (bicyclic) bond motifs is 6. The van der Waals surface area contributed by atoms with Gasteiger partial charge in [-0.1, -0.05) is 42.7 Å². The van der Waals surface area contributed by atoms with Gasteiger partial charge in [0, 0.05) is 25.0 Å². The third-order valence-corrected chi connectivity index (χ3v) is 11.8. The largest absolute Gasteiger partial charge is 0.395 e. The molecule has 1 spiro atoms. The number of allylic oxidation sites excluding steroid dienone is 2. The summed E-state index contributed by atoms with van der Waals surface area (Å²) in [4.78, 5) is 2.51. The van der Waals surface area contributed by atoms with Gasteiger partial charge >= 0.3 is 0 Å². The maximum atomic E-state index is 10.3. The maximum absolute atomic E-state index is 10.3. The highest BCUT2D eigenvalue weighted by molar-refractivity contribution is 5.33. The number of ether oxygens (including phenoxy) is 1. The van der Waals surface area contributed by atoms with Crippen LogP contribution in [0.3, 0.4) is 0 Å². The second kappa shape index (κ2) is 8.82. The lowest BCUT2D eigenvalue weighted by atomic mass is 9.56. The van der Waals surface area contributed by atoms with Crippen LogP contribution >= 0.6 is 0 Å². The monoisotopic (exact) mass is 481 g/mol.